The molecule has 1 unspecified atom stereocenters. The predicted molar refractivity (Wildman–Crippen MR) is 114 cm³/mol. The van der Waals surface area contributed by atoms with Crippen molar-refractivity contribution in [2.24, 2.45) is 0 Å². The number of aliphatic hydroxyl groups excluding tert-OH is 1. The summed E-state index contributed by atoms with van der Waals surface area (Å²) in [5.41, 5.74) is 3.54. The van der Waals surface area contributed by atoms with E-state index in [-0.39, 0.29) is 5.82 Å². The Kier molecular flexibility index (Phi) is 6.31. The van der Waals surface area contributed by atoms with E-state index in [9.17, 15) is 9.50 Å². The summed E-state index contributed by atoms with van der Waals surface area (Å²) in [5, 5.41) is 10.7. The molecule has 30 heavy (non-hydrogen) atoms. The van der Waals surface area contributed by atoms with Crippen LogP contribution in [-0.4, -0.2) is 30.3 Å². The molecule has 0 saturated carbocycles. The molecule has 3 aromatic rings. The molecule has 0 aliphatic carbocycles. The van der Waals surface area contributed by atoms with Crippen LogP contribution in [0, 0.1) is 5.82 Å². The highest BCUT2D eigenvalue weighted by Gasteiger charge is 2.19. The average molecular weight is 407 g/mol. The first-order valence-corrected chi connectivity index (χ1v) is 10.1. The zero-order valence-corrected chi connectivity index (χ0v) is 17.1. The Labute approximate surface area is 176 Å². The Morgan fingerprint density at radius 3 is 2.73 bits per heavy atom. The van der Waals surface area contributed by atoms with Gasteiger partial charge in [0.1, 0.15) is 23.9 Å². The van der Waals surface area contributed by atoms with Crippen molar-refractivity contribution < 1.29 is 19.0 Å². The second kappa shape index (κ2) is 9.28. The normalized spacial score (nSPS) is 15.0. The highest BCUT2D eigenvalue weighted by atomic mass is 19.1. The monoisotopic (exact) mass is 407 g/mol. The Morgan fingerprint density at radius 1 is 1.10 bits per heavy atom. The lowest BCUT2D eigenvalue weighted by Crippen LogP contribution is -2.25. The van der Waals surface area contributed by atoms with E-state index in [2.05, 4.69) is 4.90 Å². The maximum Gasteiger partial charge on any atom is 0.127 e. The topological polar surface area (TPSA) is 41.9 Å². The lowest BCUT2D eigenvalue weighted by Gasteiger charge is -2.20. The van der Waals surface area contributed by atoms with E-state index in [0.29, 0.717) is 44.0 Å². The van der Waals surface area contributed by atoms with E-state index < -0.39 is 6.10 Å². The Bertz CT molecular complexity index is 993. The van der Waals surface area contributed by atoms with Gasteiger partial charge in [-0.3, -0.25) is 4.90 Å². The summed E-state index contributed by atoms with van der Waals surface area (Å²) >= 11 is 0. The number of hydrogen-bond donors (Lipinski definition) is 1. The highest BCUT2D eigenvalue weighted by molar-refractivity contribution is 5.39. The van der Waals surface area contributed by atoms with Crippen molar-refractivity contribution in [1.29, 1.82) is 0 Å². The Morgan fingerprint density at radius 2 is 1.93 bits per heavy atom. The fourth-order valence-electron chi connectivity index (χ4n) is 3.81. The van der Waals surface area contributed by atoms with Gasteiger partial charge >= 0.3 is 0 Å². The maximum absolute atomic E-state index is 14.3. The van der Waals surface area contributed by atoms with Crippen LogP contribution in [0.4, 0.5) is 4.39 Å². The van der Waals surface area contributed by atoms with E-state index in [1.165, 1.54) is 6.07 Å². The first kappa shape index (κ1) is 20.4. The number of methoxy groups -OCH3 is 1. The van der Waals surface area contributed by atoms with Crippen molar-refractivity contribution in [1.82, 2.24) is 4.90 Å². The van der Waals surface area contributed by atoms with Gasteiger partial charge in [-0.1, -0.05) is 36.4 Å². The lowest BCUT2D eigenvalue weighted by atomic mass is 9.99. The minimum absolute atomic E-state index is 0.242. The smallest absolute Gasteiger partial charge is 0.127 e. The summed E-state index contributed by atoms with van der Waals surface area (Å²) in [5.74, 6) is 1.22. The van der Waals surface area contributed by atoms with Crippen LogP contribution in [0.2, 0.25) is 0 Å². The van der Waals surface area contributed by atoms with Gasteiger partial charge in [-0.2, -0.15) is 0 Å². The van der Waals surface area contributed by atoms with Crippen molar-refractivity contribution in [3.63, 3.8) is 0 Å². The van der Waals surface area contributed by atoms with Crippen molar-refractivity contribution in [2.75, 3.05) is 20.3 Å². The number of fused-ring (bicyclic) bond motifs is 1. The largest absolute Gasteiger partial charge is 0.497 e. The lowest BCUT2D eigenvalue weighted by molar-refractivity contribution is 0.178. The average Bonchev–Trinajstić information content (AvgIpc) is 2.97. The van der Waals surface area contributed by atoms with Gasteiger partial charge in [-0.25, -0.2) is 4.39 Å². The molecule has 1 aliphatic heterocycles. The van der Waals surface area contributed by atoms with Crippen LogP contribution in [0.3, 0.4) is 0 Å². The summed E-state index contributed by atoms with van der Waals surface area (Å²) in [6.45, 7) is 2.30. The quantitative estimate of drug-likeness (QED) is 0.653. The van der Waals surface area contributed by atoms with Crippen LogP contribution in [-0.2, 0) is 19.5 Å². The van der Waals surface area contributed by atoms with Crippen LogP contribution in [0.15, 0.2) is 66.7 Å². The zero-order chi connectivity index (χ0) is 20.9. The summed E-state index contributed by atoms with van der Waals surface area (Å²) in [6, 6.07) is 20.6. The standard InChI is InChI=1S/C25H26FNO3/c1-29-22-8-9-23(26)20(15-22)16-27-11-12-30-25-10-7-19(14-21(25)17-27)24(28)13-18-5-3-2-4-6-18/h2-10,14-15,24,28H,11-13,16-17H2,1H3. The summed E-state index contributed by atoms with van der Waals surface area (Å²) in [7, 11) is 1.58. The molecule has 0 bridgehead atoms. The molecule has 0 aromatic heterocycles. The number of ether oxygens (including phenoxy) is 2. The molecule has 0 amide bonds. The summed E-state index contributed by atoms with van der Waals surface area (Å²) < 4.78 is 25.4. The molecule has 5 heteroatoms. The van der Waals surface area contributed by atoms with Gasteiger partial charge < -0.3 is 14.6 Å². The molecule has 4 rings (SSSR count). The van der Waals surface area contributed by atoms with Gasteiger partial charge in [0.05, 0.1) is 13.2 Å². The molecular formula is C25H26FNO3. The third-order valence-electron chi connectivity index (χ3n) is 5.45. The van der Waals surface area contributed by atoms with E-state index >= 15 is 0 Å². The first-order valence-electron chi connectivity index (χ1n) is 10.1. The molecule has 4 nitrogen and oxygen atoms in total. The van der Waals surface area contributed by atoms with E-state index in [1.807, 2.05) is 48.5 Å². The van der Waals surface area contributed by atoms with Gasteiger partial charge in [-0.15, -0.1) is 0 Å². The SMILES string of the molecule is COc1ccc(F)c(CN2CCOc3ccc(C(O)Cc4ccccc4)cc3C2)c1. The zero-order valence-electron chi connectivity index (χ0n) is 17.1. The second-order valence-electron chi connectivity index (χ2n) is 7.59. The third-order valence-corrected chi connectivity index (χ3v) is 5.45. The summed E-state index contributed by atoms with van der Waals surface area (Å²) in [4.78, 5) is 2.15. The Balaban J connectivity index is 1.51. The summed E-state index contributed by atoms with van der Waals surface area (Å²) in [6.07, 6.45) is -0.0376. The molecule has 1 N–H and O–H groups in total. The van der Waals surface area contributed by atoms with Crippen LogP contribution in [0.1, 0.15) is 28.4 Å². The maximum atomic E-state index is 14.3. The predicted octanol–water partition coefficient (Wildman–Crippen LogP) is 4.51. The number of hydrogen-bond acceptors (Lipinski definition) is 4. The van der Waals surface area contributed by atoms with E-state index in [0.717, 1.165) is 22.4 Å². The van der Waals surface area contributed by atoms with Gasteiger partial charge in [0.25, 0.3) is 0 Å². The van der Waals surface area contributed by atoms with Gasteiger partial charge in [0, 0.05) is 37.2 Å². The molecule has 3 aromatic carbocycles. The minimum Gasteiger partial charge on any atom is -0.497 e. The molecule has 0 spiro atoms. The molecular weight excluding hydrogens is 381 g/mol. The van der Waals surface area contributed by atoms with Crippen molar-refractivity contribution in [2.45, 2.75) is 25.6 Å². The number of rotatable bonds is 6. The number of benzene rings is 3. The van der Waals surface area contributed by atoms with Gasteiger partial charge in [0.15, 0.2) is 0 Å². The third kappa shape index (κ3) is 4.81. The van der Waals surface area contributed by atoms with Gasteiger partial charge in [-0.05, 0) is 41.5 Å². The number of aliphatic hydroxyl groups is 1. The van der Waals surface area contributed by atoms with Crippen LogP contribution in [0.5, 0.6) is 11.5 Å². The number of nitrogens with zero attached hydrogens (tertiary/aromatic N) is 1. The molecule has 0 saturated heterocycles. The van der Waals surface area contributed by atoms with Crippen molar-refractivity contribution >= 4 is 0 Å². The molecule has 156 valence electrons. The number of halogens is 1. The molecule has 0 radical (unpaired) electrons. The fourth-order valence-corrected chi connectivity index (χ4v) is 3.81. The van der Waals surface area contributed by atoms with Crippen LogP contribution >= 0.6 is 0 Å². The Hall–Kier alpha value is -2.89. The first-order chi connectivity index (χ1) is 14.6. The fraction of sp³-hybridized carbons (Fsp3) is 0.280. The molecule has 1 aliphatic rings. The van der Waals surface area contributed by atoms with E-state index in [4.69, 9.17) is 9.47 Å². The highest BCUT2D eigenvalue weighted by Crippen LogP contribution is 2.29. The molecule has 0 fully saturated rings. The van der Waals surface area contributed by atoms with Crippen LogP contribution < -0.4 is 9.47 Å². The van der Waals surface area contributed by atoms with Crippen molar-refractivity contribution in [3.8, 4) is 11.5 Å². The van der Waals surface area contributed by atoms with Crippen LogP contribution in [0.25, 0.3) is 0 Å². The molecule has 1 atom stereocenters. The van der Waals surface area contributed by atoms with Crippen molar-refractivity contribution in [3.05, 3.63) is 94.8 Å². The van der Waals surface area contributed by atoms with E-state index in [1.54, 1.807) is 19.2 Å². The minimum atomic E-state index is -0.592. The molecule has 1 heterocycles. The second-order valence-corrected chi connectivity index (χ2v) is 7.59. The van der Waals surface area contributed by atoms with Gasteiger partial charge in [0.2, 0.25) is 0 Å².